The summed E-state index contributed by atoms with van der Waals surface area (Å²) in [6.07, 6.45) is 3.61. The number of nitrogens with one attached hydrogen (secondary N) is 1. The topological polar surface area (TPSA) is 101 Å². The van der Waals surface area contributed by atoms with Crippen molar-refractivity contribution in [2.75, 3.05) is 18.1 Å². The minimum atomic E-state index is 0.376. The molecule has 3 N–H and O–H groups in total. The molecule has 1 aliphatic rings. The Morgan fingerprint density at radius 2 is 1.92 bits per heavy atom. The molecule has 0 saturated carbocycles. The Hall–Kier alpha value is -3.13. The highest BCUT2D eigenvalue weighted by molar-refractivity contribution is 8.00. The van der Waals surface area contributed by atoms with Crippen molar-refractivity contribution in [1.29, 1.82) is 10.5 Å². The van der Waals surface area contributed by atoms with Gasteiger partial charge in [0.25, 0.3) is 0 Å². The Kier molecular flexibility index (Phi) is 5.10. The fourth-order valence-electron chi connectivity index (χ4n) is 2.52. The van der Waals surface area contributed by atoms with E-state index in [1.165, 1.54) is 11.8 Å². The number of nitriles is 2. The second kappa shape index (κ2) is 7.63. The lowest BCUT2D eigenvalue weighted by molar-refractivity contribution is -0.458. The van der Waals surface area contributed by atoms with Crippen molar-refractivity contribution in [2.45, 2.75) is 5.03 Å². The van der Waals surface area contributed by atoms with Gasteiger partial charge in [-0.1, -0.05) is 42.1 Å². The standard InChI is InChI=1S/C18H14N6S/c1-21-17-13(9-19)16(12-5-3-2-4-6-12)14(10-20)18(24-17)25-11-15-22-7-8-23-15/h2-8H,11H2,1H3,(H,21,24)(H,22,23)/p+1. The molecule has 0 amide bonds. The molecule has 0 radical (unpaired) electrons. The Bertz CT molecular complexity index is 935. The van der Waals surface area contributed by atoms with Crippen LogP contribution in [0.1, 0.15) is 11.1 Å². The van der Waals surface area contributed by atoms with Gasteiger partial charge in [0.1, 0.15) is 34.7 Å². The van der Waals surface area contributed by atoms with Crippen molar-refractivity contribution in [3.8, 4) is 23.3 Å². The molecule has 0 saturated heterocycles. The molecular formula is C18H15N6S+. The molecule has 122 valence electrons. The number of aliphatic imine (C=N–C) groups is 1. The summed E-state index contributed by atoms with van der Waals surface area (Å²) in [5.74, 6) is 2.00. The van der Waals surface area contributed by atoms with Crippen LogP contribution >= 0.6 is 11.8 Å². The van der Waals surface area contributed by atoms with E-state index in [0.29, 0.717) is 33.3 Å². The number of anilines is 1. The lowest BCUT2D eigenvalue weighted by atomic mass is 9.97. The second-order valence-corrected chi connectivity index (χ2v) is 6.11. The molecule has 6 nitrogen and oxygen atoms in total. The minimum absolute atomic E-state index is 0.376. The molecule has 0 aliphatic carbocycles. The number of quaternary nitrogens is 1. The number of hydrogen-bond donors (Lipinski definition) is 2. The molecule has 0 fully saturated rings. The summed E-state index contributed by atoms with van der Waals surface area (Å²) in [6, 6.07) is 13.9. The number of benzene rings is 1. The largest absolute Gasteiger partial charge is 0.372 e. The molecule has 2 heterocycles. The van der Waals surface area contributed by atoms with Crippen molar-refractivity contribution < 1.29 is 5.32 Å². The molecule has 1 aromatic heterocycles. The Balaban J connectivity index is 2.12. The number of hydrogen-bond acceptors (Lipinski definition) is 6. The third-order valence-electron chi connectivity index (χ3n) is 3.66. The SMILES string of the molecule is CNc1nc(SCC2=NC=C[NH2+]2)c(C#N)c(-c2ccccc2)c1C#N. The van der Waals surface area contributed by atoms with Gasteiger partial charge in [-0.05, 0) is 5.56 Å². The molecule has 0 bridgehead atoms. The molecule has 2 aromatic rings. The summed E-state index contributed by atoms with van der Waals surface area (Å²) in [6.45, 7) is 0. The van der Waals surface area contributed by atoms with Gasteiger partial charge in [-0.15, -0.1) is 0 Å². The van der Waals surface area contributed by atoms with Gasteiger partial charge >= 0.3 is 0 Å². The molecule has 0 atom stereocenters. The number of amidine groups is 1. The van der Waals surface area contributed by atoms with E-state index >= 15 is 0 Å². The smallest absolute Gasteiger partial charge is 0.214 e. The van der Waals surface area contributed by atoms with E-state index in [0.717, 1.165) is 11.4 Å². The average molecular weight is 347 g/mol. The predicted octanol–water partition coefficient (Wildman–Crippen LogP) is 2.07. The zero-order valence-corrected chi connectivity index (χ0v) is 14.3. The van der Waals surface area contributed by atoms with Gasteiger partial charge in [-0.3, -0.25) is 5.32 Å². The zero-order valence-electron chi connectivity index (χ0n) is 13.5. The van der Waals surface area contributed by atoms with Crippen LogP contribution < -0.4 is 10.6 Å². The maximum absolute atomic E-state index is 9.75. The van der Waals surface area contributed by atoms with Crippen LogP contribution in [0.15, 0.2) is 52.8 Å². The highest BCUT2D eigenvalue weighted by Crippen LogP contribution is 2.36. The summed E-state index contributed by atoms with van der Waals surface area (Å²) in [5.41, 5.74) is 2.23. The summed E-state index contributed by atoms with van der Waals surface area (Å²) in [5, 5.41) is 24.9. The summed E-state index contributed by atoms with van der Waals surface area (Å²) in [4.78, 5) is 8.74. The van der Waals surface area contributed by atoms with Crippen molar-refractivity contribution >= 4 is 23.4 Å². The quantitative estimate of drug-likeness (QED) is 0.806. The molecule has 0 unspecified atom stereocenters. The molecule has 1 aromatic carbocycles. The first-order valence-electron chi connectivity index (χ1n) is 7.59. The number of thioether (sulfide) groups is 1. The normalized spacial score (nSPS) is 12.4. The van der Waals surface area contributed by atoms with Crippen LogP contribution in [0, 0.1) is 22.7 Å². The molecule has 7 heteroatoms. The molecule has 3 rings (SSSR count). The summed E-state index contributed by atoms with van der Waals surface area (Å²) < 4.78 is 0. The van der Waals surface area contributed by atoms with Gasteiger partial charge in [-0.25, -0.2) is 9.98 Å². The van der Waals surface area contributed by atoms with Crippen LogP contribution in [0.5, 0.6) is 0 Å². The molecule has 0 spiro atoms. The van der Waals surface area contributed by atoms with Gasteiger partial charge in [0.05, 0.1) is 17.5 Å². The highest BCUT2D eigenvalue weighted by atomic mass is 32.2. The first-order chi connectivity index (χ1) is 12.3. The van der Waals surface area contributed by atoms with E-state index in [4.69, 9.17) is 0 Å². The maximum atomic E-state index is 9.75. The van der Waals surface area contributed by atoms with Crippen molar-refractivity contribution in [3.05, 3.63) is 53.9 Å². The minimum Gasteiger partial charge on any atom is -0.372 e. The van der Waals surface area contributed by atoms with E-state index in [1.54, 1.807) is 13.2 Å². The van der Waals surface area contributed by atoms with E-state index in [2.05, 4.69) is 27.4 Å². The second-order valence-electron chi connectivity index (χ2n) is 5.15. The summed E-state index contributed by atoms with van der Waals surface area (Å²) >= 11 is 1.44. The average Bonchev–Trinajstić information content (AvgIpc) is 3.19. The first-order valence-corrected chi connectivity index (χ1v) is 8.57. The predicted molar refractivity (Wildman–Crippen MR) is 97.9 cm³/mol. The van der Waals surface area contributed by atoms with Gasteiger partial charge < -0.3 is 5.32 Å². The van der Waals surface area contributed by atoms with Crippen molar-refractivity contribution in [3.63, 3.8) is 0 Å². The van der Waals surface area contributed by atoms with E-state index in [1.807, 2.05) is 41.8 Å². The summed E-state index contributed by atoms with van der Waals surface area (Å²) in [7, 11) is 1.72. The monoisotopic (exact) mass is 347 g/mol. The van der Waals surface area contributed by atoms with Crippen LogP contribution in [-0.4, -0.2) is 23.6 Å². The fourth-order valence-corrected chi connectivity index (χ4v) is 3.42. The number of nitrogens with two attached hydrogens (primary N) is 1. The first kappa shape index (κ1) is 16.7. The third kappa shape index (κ3) is 3.38. The number of rotatable bonds is 5. The lowest BCUT2D eigenvalue weighted by Gasteiger charge is -2.14. The number of nitrogens with zero attached hydrogens (tertiary/aromatic N) is 4. The molecule has 1 aliphatic heterocycles. The molecular weight excluding hydrogens is 332 g/mol. The Morgan fingerprint density at radius 3 is 2.52 bits per heavy atom. The van der Waals surface area contributed by atoms with E-state index in [-0.39, 0.29) is 0 Å². The number of aromatic nitrogens is 1. The van der Waals surface area contributed by atoms with Crippen molar-refractivity contribution in [1.82, 2.24) is 4.98 Å². The zero-order chi connectivity index (χ0) is 17.6. The van der Waals surface area contributed by atoms with E-state index in [9.17, 15) is 10.5 Å². The Morgan fingerprint density at radius 1 is 1.16 bits per heavy atom. The molecule has 25 heavy (non-hydrogen) atoms. The van der Waals surface area contributed by atoms with Crippen LogP contribution in [0.2, 0.25) is 0 Å². The highest BCUT2D eigenvalue weighted by Gasteiger charge is 2.22. The fraction of sp³-hybridized carbons (Fsp3) is 0.111. The van der Waals surface area contributed by atoms with Crippen LogP contribution in [0.3, 0.4) is 0 Å². The van der Waals surface area contributed by atoms with Gasteiger partial charge in [-0.2, -0.15) is 10.5 Å². The van der Waals surface area contributed by atoms with Crippen LogP contribution in [-0.2, 0) is 0 Å². The van der Waals surface area contributed by atoms with Gasteiger partial charge in [0.2, 0.25) is 5.84 Å². The maximum Gasteiger partial charge on any atom is 0.214 e. The third-order valence-corrected chi connectivity index (χ3v) is 4.67. The van der Waals surface area contributed by atoms with Gasteiger partial charge in [0, 0.05) is 12.6 Å². The van der Waals surface area contributed by atoms with Crippen molar-refractivity contribution in [2.24, 2.45) is 4.99 Å². The number of pyridine rings is 1. The lowest BCUT2D eigenvalue weighted by Crippen LogP contribution is -2.81. The van der Waals surface area contributed by atoms with E-state index < -0.39 is 0 Å². The van der Waals surface area contributed by atoms with Gasteiger partial charge in [0.15, 0.2) is 0 Å². The van der Waals surface area contributed by atoms with Crippen LogP contribution in [0.25, 0.3) is 11.1 Å². The Labute approximate surface area is 149 Å². The van der Waals surface area contributed by atoms with Crippen LogP contribution in [0.4, 0.5) is 5.82 Å².